The molecule has 0 aliphatic rings. The molecule has 0 radical (unpaired) electrons. The number of rotatable bonds is 4. The Morgan fingerprint density at radius 2 is 2.07 bits per heavy atom. The van der Waals surface area contributed by atoms with E-state index in [9.17, 15) is 0 Å². The van der Waals surface area contributed by atoms with Gasteiger partial charge in [0.25, 0.3) is 0 Å². The maximum atomic E-state index is 5.72. The SMILES string of the molecule is ClCc1cnc(CSc2ccccc2)s1. The second kappa shape index (κ2) is 5.54. The van der Waals surface area contributed by atoms with Crippen molar-refractivity contribution in [2.24, 2.45) is 0 Å². The van der Waals surface area contributed by atoms with E-state index in [1.807, 2.05) is 24.4 Å². The number of thioether (sulfide) groups is 1. The molecule has 4 heteroatoms. The molecule has 15 heavy (non-hydrogen) atoms. The van der Waals surface area contributed by atoms with Crippen molar-refractivity contribution >= 4 is 34.7 Å². The summed E-state index contributed by atoms with van der Waals surface area (Å²) in [7, 11) is 0. The first kappa shape index (κ1) is 11.0. The summed E-state index contributed by atoms with van der Waals surface area (Å²) >= 11 is 9.21. The van der Waals surface area contributed by atoms with Gasteiger partial charge >= 0.3 is 0 Å². The summed E-state index contributed by atoms with van der Waals surface area (Å²) in [4.78, 5) is 6.73. The average Bonchev–Trinajstić information content (AvgIpc) is 2.76. The maximum Gasteiger partial charge on any atom is 0.103 e. The molecule has 0 atom stereocenters. The lowest BCUT2D eigenvalue weighted by atomic mass is 10.4. The molecule has 0 fully saturated rings. The fourth-order valence-corrected chi connectivity index (χ4v) is 3.07. The second-order valence-electron chi connectivity index (χ2n) is 2.96. The van der Waals surface area contributed by atoms with Gasteiger partial charge in [-0.1, -0.05) is 18.2 Å². The van der Waals surface area contributed by atoms with E-state index >= 15 is 0 Å². The lowest BCUT2D eigenvalue weighted by Crippen LogP contribution is -1.76. The van der Waals surface area contributed by atoms with Gasteiger partial charge in [0.1, 0.15) is 5.01 Å². The van der Waals surface area contributed by atoms with E-state index < -0.39 is 0 Å². The van der Waals surface area contributed by atoms with Crippen LogP contribution in [0.25, 0.3) is 0 Å². The van der Waals surface area contributed by atoms with E-state index in [0.29, 0.717) is 5.88 Å². The van der Waals surface area contributed by atoms with Crippen molar-refractivity contribution in [1.29, 1.82) is 0 Å². The molecule has 0 unspecified atom stereocenters. The normalized spacial score (nSPS) is 10.5. The summed E-state index contributed by atoms with van der Waals surface area (Å²) in [6, 6.07) is 10.4. The Morgan fingerprint density at radius 1 is 1.27 bits per heavy atom. The third kappa shape index (κ3) is 3.23. The van der Waals surface area contributed by atoms with Crippen LogP contribution in [0.2, 0.25) is 0 Å². The largest absolute Gasteiger partial charge is 0.248 e. The molecule has 78 valence electrons. The van der Waals surface area contributed by atoms with E-state index in [1.165, 1.54) is 4.90 Å². The Labute approximate surface area is 103 Å². The van der Waals surface area contributed by atoms with Crippen LogP contribution in [0.15, 0.2) is 41.4 Å². The van der Waals surface area contributed by atoms with Crippen molar-refractivity contribution in [3.8, 4) is 0 Å². The molecule has 1 heterocycles. The maximum absolute atomic E-state index is 5.72. The van der Waals surface area contributed by atoms with Crippen molar-refractivity contribution < 1.29 is 0 Å². The van der Waals surface area contributed by atoms with Crippen LogP contribution in [0.4, 0.5) is 0 Å². The molecule has 0 saturated heterocycles. The fourth-order valence-electron chi connectivity index (χ4n) is 1.14. The molecule has 0 saturated carbocycles. The summed E-state index contributed by atoms with van der Waals surface area (Å²) in [6.07, 6.45) is 1.86. The van der Waals surface area contributed by atoms with Crippen LogP contribution < -0.4 is 0 Å². The highest BCUT2D eigenvalue weighted by Gasteiger charge is 2.01. The molecule has 1 aromatic carbocycles. The van der Waals surface area contributed by atoms with Gasteiger partial charge < -0.3 is 0 Å². The van der Waals surface area contributed by atoms with Gasteiger partial charge in [0, 0.05) is 16.0 Å². The first-order chi connectivity index (χ1) is 7.38. The number of thiazole rings is 1. The molecular formula is C11H10ClNS2. The quantitative estimate of drug-likeness (QED) is 0.601. The first-order valence-corrected chi connectivity index (χ1v) is 6.89. The third-order valence-corrected chi connectivity index (χ3v) is 4.49. The van der Waals surface area contributed by atoms with Crippen LogP contribution >= 0.6 is 34.7 Å². The number of alkyl halides is 1. The highest BCUT2D eigenvalue weighted by molar-refractivity contribution is 7.98. The van der Waals surface area contributed by atoms with Gasteiger partial charge in [-0.25, -0.2) is 4.98 Å². The molecule has 0 N–H and O–H groups in total. The summed E-state index contributed by atoms with van der Waals surface area (Å²) in [6.45, 7) is 0. The topological polar surface area (TPSA) is 12.9 Å². The molecule has 2 rings (SSSR count). The number of aromatic nitrogens is 1. The zero-order valence-corrected chi connectivity index (χ0v) is 10.4. The number of hydrogen-bond donors (Lipinski definition) is 0. The lowest BCUT2D eigenvalue weighted by molar-refractivity contribution is 1.25. The average molecular weight is 256 g/mol. The van der Waals surface area contributed by atoms with Gasteiger partial charge in [-0.2, -0.15) is 0 Å². The molecule has 2 aromatic rings. The van der Waals surface area contributed by atoms with Crippen molar-refractivity contribution in [1.82, 2.24) is 4.98 Å². The minimum Gasteiger partial charge on any atom is -0.248 e. The van der Waals surface area contributed by atoms with Gasteiger partial charge in [0.05, 0.1) is 11.6 Å². The zero-order valence-electron chi connectivity index (χ0n) is 8.02. The van der Waals surface area contributed by atoms with Crippen LogP contribution in [-0.2, 0) is 11.6 Å². The van der Waals surface area contributed by atoms with Crippen molar-refractivity contribution in [3.63, 3.8) is 0 Å². The van der Waals surface area contributed by atoms with Crippen LogP contribution in [-0.4, -0.2) is 4.98 Å². The predicted molar refractivity (Wildman–Crippen MR) is 67.7 cm³/mol. The van der Waals surface area contributed by atoms with E-state index in [1.54, 1.807) is 23.1 Å². The monoisotopic (exact) mass is 255 g/mol. The number of benzene rings is 1. The molecule has 0 aliphatic carbocycles. The highest BCUT2D eigenvalue weighted by Crippen LogP contribution is 2.25. The van der Waals surface area contributed by atoms with Gasteiger partial charge in [-0.05, 0) is 12.1 Å². The molecule has 0 aliphatic heterocycles. The summed E-state index contributed by atoms with van der Waals surface area (Å²) in [5.74, 6) is 1.49. The van der Waals surface area contributed by atoms with Crippen LogP contribution in [0.1, 0.15) is 9.88 Å². The molecule has 0 amide bonds. The first-order valence-electron chi connectivity index (χ1n) is 4.56. The van der Waals surface area contributed by atoms with E-state index in [2.05, 4.69) is 17.1 Å². The number of hydrogen-bond acceptors (Lipinski definition) is 3. The third-order valence-electron chi connectivity index (χ3n) is 1.84. The van der Waals surface area contributed by atoms with Crippen molar-refractivity contribution in [3.05, 3.63) is 46.4 Å². The van der Waals surface area contributed by atoms with Gasteiger partial charge in [-0.15, -0.1) is 34.7 Å². The number of nitrogens with zero attached hydrogens (tertiary/aromatic N) is 1. The Kier molecular flexibility index (Phi) is 4.06. The standard InChI is InChI=1S/C11H10ClNS2/c12-6-10-7-13-11(15-10)8-14-9-4-2-1-3-5-9/h1-5,7H,6,8H2. The molecule has 1 aromatic heterocycles. The van der Waals surface area contributed by atoms with E-state index in [0.717, 1.165) is 15.6 Å². The van der Waals surface area contributed by atoms with Crippen LogP contribution in [0.3, 0.4) is 0 Å². The van der Waals surface area contributed by atoms with Gasteiger partial charge in [-0.3, -0.25) is 0 Å². The Balaban J connectivity index is 1.93. The smallest absolute Gasteiger partial charge is 0.103 e. The highest BCUT2D eigenvalue weighted by atomic mass is 35.5. The van der Waals surface area contributed by atoms with Crippen molar-refractivity contribution in [2.45, 2.75) is 16.5 Å². The minimum absolute atomic E-state index is 0.563. The Hall–Kier alpha value is -0.510. The molecule has 0 spiro atoms. The fraction of sp³-hybridized carbons (Fsp3) is 0.182. The predicted octanol–water partition coefficient (Wildman–Crippen LogP) is 4.17. The molecular weight excluding hydrogens is 246 g/mol. The summed E-state index contributed by atoms with van der Waals surface area (Å²) in [5, 5.41) is 1.14. The Morgan fingerprint density at radius 3 is 2.73 bits per heavy atom. The summed E-state index contributed by atoms with van der Waals surface area (Å²) in [5.41, 5.74) is 0. The van der Waals surface area contributed by atoms with Crippen LogP contribution in [0.5, 0.6) is 0 Å². The van der Waals surface area contributed by atoms with Gasteiger partial charge in [0.2, 0.25) is 0 Å². The zero-order chi connectivity index (χ0) is 10.5. The second-order valence-corrected chi connectivity index (χ2v) is 5.47. The summed E-state index contributed by atoms with van der Waals surface area (Å²) < 4.78 is 0. The van der Waals surface area contributed by atoms with E-state index in [4.69, 9.17) is 11.6 Å². The Bertz CT molecular complexity index is 414. The molecule has 1 nitrogen and oxygen atoms in total. The van der Waals surface area contributed by atoms with Gasteiger partial charge in [0.15, 0.2) is 0 Å². The lowest BCUT2D eigenvalue weighted by Gasteiger charge is -1.97. The minimum atomic E-state index is 0.563. The van der Waals surface area contributed by atoms with Crippen LogP contribution in [0, 0.1) is 0 Å². The molecule has 0 bridgehead atoms. The van der Waals surface area contributed by atoms with Crippen molar-refractivity contribution in [2.75, 3.05) is 0 Å². The van der Waals surface area contributed by atoms with E-state index in [-0.39, 0.29) is 0 Å². The number of halogens is 1.